The van der Waals surface area contributed by atoms with Gasteiger partial charge >= 0.3 is 6.02 Å². The summed E-state index contributed by atoms with van der Waals surface area (Å²) in [6.07, 6.45) is 1.09. The van der Waals surface area contributed by atoms with Crippen LogP contribution in [-0.2, 0) is 14.4 Å². The van der Waals surface area contributed by atoms with Crippen LogP contribution < -0.4 is 0 Å². The molecule has 0 aromatic rings. The molecule has 0 aliphatic rings. The zero-order valence-electron chi connectivity index (χ0n) is 10.6. The highest BCUT2D eigenvalue weighted by molar-refractivity contribution is 5.79. The first-order valence-electron chi connectivity index (χ1n) is 5.00. The molecule has 0 saturated heterocycles. The van der Waals surface area contributed by atoms with Crippen molar-refractivity contribution in [1.29, 1.82) is 0 Å². The molecule has 6 heteroatoms. The predicted octanol–water partition coefficient (Wildman–Crippen LogP) is -0.455. The third kappa shape index (κ3) is 4.77. The molecule has 1 amide bonds. The van der Waals surface area contributed by atoms with Gasteiger partial charge in [0.1, 0.15) is 6.29 Å². The Morgan fingerprint density at radius 3 is 2.25 bits per heavy atom. The number of aldehydes is 1. The van der Waals surface area contributed by atoms with Gasteiger partial charge in [-0.2, -0.15) is 5.06 Å². The molecular formula is C10H20N3O3+. The summed E-state index contributed by atoms with van der Waals surface area (Å²) >= 11 is 0. The monoisotopic (exact) mass is 230 g/mol. The van der Waals surface area contributed by atoms with Crippen LogP contribution in [-0.4, -0.2) is 68.0 Å². The van der Waals surface area contributed by atoms with Crippen LogP contribution in [0.1, 0.15) is 12.8 Å². The van der Waals surface area contributed by atoms with E-state index in [0.717, 1.165) is 5.06 Å². The van der Waals surface area contributed by atoms with Crippen LogP contribution in [0.25, 0.3) is 0 Å². The van der Waals surface area contributed by atoms with Crippen molar-refractivity contribution in [3.63, 3.8) is 0 Å². The molecule has 0 heterocycles. The Hall–Kier alpha value is -1.59. The molecule has 0 fully saturated rings. The Bertz CT molecular complexity index is 283. The molecule has 0 spiro atoms. The normalized spacial score (nSPS) is 9.31. The van der Waals surface area contributed by atoms with Gasteiger partial charge in [0.15, 0.2) is 0 Å². The average molecular weight is 230 g/mol. The highest BCUT2D eigenvalue weighted by Crippen LogP contribution is 1.97. The Balaban J connectivity index is 4.42. The molecule has 0 aromatic heterocycles. The number of carbonyl (C=O) groups is 2. The highest BCUT2D eigenvalue weighted by Gasteiger charge is 2.19. The number of hydrogen-bond acceptors (Lipinski definition) is 3. The van der Waals surface area contributed by atoms with Crippen LogP contribution >= 0.6 is 0 Å². The van der Waals surface area contributed by atoms with Crippen LogP contribution in [0, 0.1) is 0 Å². The van der Waals surface area contributed by atoms with Crippen molar-refractivity contribution in [2.45, 2.75) is 12.8 Å². The smallest absolute Gasteiger partial charge is 0.303 e. The predicted molar refractivity (Wildman–Crippen MR) is 60.0 cm³/mol. The maximum Gasteiger partial charge on any atom is 0.470 e. The lowest BCUT2D eigenvalue weighted by molar-refractivity contribution is -0.485. The van der Waals surface area contributed by atoms with Crippen LogP contribution in [0.3, 0.4) is 0 Å². The molecule has 0 radical (unpaired) electrons. The lowest BCUT2D eigenvalue weighted by Crippen LogP contribution is -2.39. The number of amides is 1. The van der Waals surface area contributed by atoms with Gasteiger partial charge in [-0.1, -0.05) is 0 Å². The fourth-order valence-corrected chi connectivity index (χ4v) is 1.08. The number of hydrogen-bond donors (Lipinski definition) is 0. The van der Waals surface area contributed by atoms with Gasteiger partial charge in [0.05, 0.1) is 28.2 Å². The van der Waals surface area contributed by atoms with Crippen molar-refractivity contribution in [2.75, 3.05) is 35.2 Å². The van der Waals surface area contributed by atoms with E-state index in [4.69, 9.17) is 4.84 Å². The van der Waals surface area contributed by atoms with Crippen LogP contribution in [0.15, 0.2) is 0 Å². The minimum absolute atomic E-state index is 0.161. The minimum atomic E-state index is -0.228. The fourth-order valence-electron chi connectivity index (χ4n) is 1.08. The Labute approximate surface area is 96.0 Å². The molecule has 0 aromatic carbocycles. The molecule has 6 nitrogen and oxygen atoms in total. The van der Waals surface area contributed by atoms with Crippen LogP contribution in [0.4, 0.5) is 0 Å². The fraction of sp³-hybridized carbons (Fsp3) is 0.700. The summed E-state index contributed by atoms with van der Waals surface area (Å²) in [6, 6.07) is 0.543. The van der Waals surface area contributed by atoms with E-state index < -0.39 is 0 Å². The third-order valence-corrected chi connectivity index (χ3v) is 1.81. The van der Waals surface area contributed by atoms with Crippen LogP contribution in [0.2, 0.25) is 0 Å². The van der Waals surface area contributed by atoms with Gasteiger partial charge < -0.3 is 9.63 Å². The molecule has 0 unspecified atom stereocenters. The summed E-state index contributed by atoms with van der Waals surface area (Å²) < 4.78 is 1.75. The van der Waals surface area contributed by atoms with Crippen molar-refractivity contribution in [3.05, 3.63) is 0 Å². The SMILES string of the molecule is CN(C)C(ON(C)C(=O)CCC=O)=[N+](C)C. The second-order valence-electron chi connectivity index (χ2n) is 3.76. The molecule has 0 N–H and O–H groups in total. The van der Waals surface area contributed by atoms with E-state index in [0.29, 0.717) is 12.3 Å². The van der Waals surface area contributed by atoms with Crippen molar-refractivity contribution in [3.8, 4) is 0 Å². The first-order valence-corrected chi connectivity index (χ1v) is 5.00. The van der Waals surface area contributed by atoms with E-state index in [1.165, 1.54) is 7.05 Å². The first kappa shape index (κ1) is 14.4. The van der Waals surface area contributed by atoms with Gasteiger partial charge in [-0.15, -0.1) is 0 Å². The minimum Gasteiger partial charge on any atom is -0.303 e. The quantitative estimate of drug-likeness (QED) is 0.216. The lowest BCUT2D eigenvalue weighted by Gasteiger charge is -2.18. The van der Waals surface area contributed by atoms with E-state index in [1.54, 1.807) is 9.48 Å². The molecule has 0 rings (SSSR count). The van der Waals surface area contributed by atoms with Crippen molar-refractivity contribution in [1.82, 2.24) is 9.96 Å². The molecule has 92 valence electrons. The van der Waals surface area contributed by atoms with E-state index in [9.17, 15) is 9.59 Å². The second kappa shape index (κ2) is 6.81. The maximum atomic E-state index is 11.5. The maximum absolute atomic E-state index is 11.5. The van der Waals surface area contributed by atoms with Gasteiger partial charge in [0.25, 0.3) is 5.91 Å². The second-order valence-corrected chi connectivity index (χ2v) is 3.76. The average Bonchev–Trinajstić information content (AvgIpc) is 2.20. The van der Waals surface area contributed by atoms with Gasteiger partial charge in [-0.05, 0) is 0 Å². The van der Waals surface area contributed by atoms with Crippen LogP contribution in [0.5, 0.6) is 0 Å². The summed E-state index contributed by atoms with van der Waals surface area (Å²) in [5.74, 6) is -0.228. The number of carbonyl (C=O) groups excluding carboxylic acids is 2. The summed E-state index contributed by atoms with van der Waals surface area (Å²) in [5.41, 5.74) is 0. The molecule has 16 heavy (non-hydrogen) atoms. The lowest BCUT2D eigenvalue weighted by atomic mass is 10.3. The highest BCUT2D eigenvalue weighted by atomic mass is 16.7. The Morgan fingerprint density at radius 1 is 1.31 bits per heavy atom. The van der Waals surface area contributed by atoms with Gasteiger partial charge in [0, 0.05) is 19.9 Å². The van der Waals surface area contributed by atoms with Crippen molar-refractivity contribution < 1.29 is 19.0 Å². The van der Waals surface area contributed by atoms with Gasteiger partial charge in [-0.3, -0.25) is 4.79 Å². The molecule has 0 aliphatic heterocycles. The molecule has 0 saturated carbocycles. The summed E-state index contributed by atoms with van der Waals surface area (Å²) in [7, 11) is 8.80. The van der Waals surface area contributed by atoms with E-state index >= 15 is 0 Å². The molecule has 0 bridgehead atoms. The molecular weight excluding hydrogens is 210 g/mol. The zero-order valence-corrected chi connectivity index (χ0v) is 10.6. The number of hydroxylamine groups is 2. The molecule has 0 atom stereocenters. The summed E-state index contributed by atoms with van der Waals surface area (Å²) in [5, 5.41) is 1.14. The zero-order chi connectivity index (χ0) is 12.7. The summed E-state index contributed by atoms with van der Waals surface area (Å²) in [4.78, 5) is 28.7. The standard InChI is InChI=1S/C10H20N3O3/c1-11(2)10(12(3)4)16-13(5)9(15)7-6-8-14/h8H,6-7H2,1-5H3/q+1. The number of amidine groups is 1. The Morgan fingerprint density at radius 2 is 1.88 bits per heavy atom. The van der Waals surface area contributed by atoms with E-state index in [2.05, 4.69) is 0 Å². The number of rotatable bonds is 3. The third-order valence-electron chi connectivity index (χ3n) is 1.81. The van der Waals surface area contributed by atoms with E-state index in [-0.39, 0.29) is 18.7 Å². The summed E-state index contributed by atoms with van der Waals surface area (Å²) in [6.45, 7) is 0. The topological polar surface area (TPSA) is 52.9 Å². The Kier molecular flexibility index (Phi) is 6.14. The van der Waals surface area contributed by atoms with Crippen molar-refractivity contribution in [2.24, 2.45) is 0 Å². The van der Waals surface area contributed by atoms with Gasteiger partial charge in [-0.25, -0.2) is 9.48 Å². The van der Waals surface area contributed by atoms with Gasteiger partial charge in [0.2, 0.25) is 0 Å². The first-order chi connectivity index (χ1) is 7.40. The van der Waals surface area contributed by atoms with Crippen molar-refractivity contribution >= 4 is 18.2 Å². The largest absolute Gasteiger partial charge is 0.470 e. The van der Waals surface area contributed by atoms with E-state index in [1.807, 2.05) is 28.2 Å². The number of nitrogens with zero attached hydrogens (tertiary/aromatic N) is 3. The molecule has 0 aliphatic carbocycles.